The topological polar surface area (TPSA) is 41.9 Å². The molecule has 1 heterocycles. The second-order valence-electron chi connectivity index (χ2n) is 4.42. The molecule has 0 aliphatic carbocycles. The van der Waals surface area contributed by atoms with Crippen LogP contribution in [0.25, 0.3) is 0 Å². The fourth-order valence-electron chi connectivity index (χ4n) is 2.25. The van der Waals surface area contributed by atoms with Gasteiger partial charge in [0.1, 0.15) is 0 Å². The van der Waals surface area contributed by atoms with Crippen molar-refractivity contribution in [2.24, 2.45) is 0 Å². The first-order valence-electron chi connectivity index (χ1n) is 6.45. The van der Waals surface area contributed by atoms with Gasteiger partial charge in [0.15, 0.2) is 6.29 Å². The number of aliphatic hydroxyl groups excluding tert-OH is 1. The van der Waals surface area contributed by atoms with Gasteiger partial charge in [-0.3, -0.25) is 0 Å². The summed E-state index contributed by atoms with van der Waals surface area (Å²) in [5, 5.41) is 9.04. The summed E-state index contributed by atoms with van der Waals surface area (Å²) in [7, 11) is 0. The SMILES string of the molecule is CCN(CCO)c1ccc(C2OCCO2)c(C)c1. The second kappa shape index (κ2) is 6.18. The van der Waals surface area contributed by atoms with Gasteiger partial charge < -0.3 is 19.5 Å². The number of aliphatic hydroxyl groups is 1. The molecule has 1 saturated heterocycles. The molecule has 1 fully saturated rings. The predicted molar refractivity (Wildman–Crippen MR) is 70.8 cm³/mol. The highest BCUT2D eigenvalue weighted by Crippen LogP contribution is 2.28. The van der Waals surface area contributed by atoms with Crippen molar-refractivity contribution in [1.82, 2.24) is 0 Å². The van der Waals surface area contributed by atoms with E-state index in [4.69, 9.17) is 14.6 Å². The number of ether oxygens (including phenoxy) is 2. The largest absolute Gasteiger partial charge is 0.395 e. The smallest absolute Gasteiger partial charge is 0.184 e. The molecule has 1 aliphatic heterocycles. The van der Waals surface area contributed by atoms with Crippen LogP contribution >= 0.6 is 0 Å². The highest BCUT2D eigenvalue weighted by Gasteiger charge is 2.20. The number of nitrogens with zero attached hydrogens (tertiary/aromatic N) is 1. The monoisotopic (exact) mass is 251 g/mol. The lowest BCUT2D eigenvalue weighted by Gasteiger charge is -2.23. The maximum Gasteiger partial charge on any atom is 0.184 e. The summed E-state index contributed by atoms with van der Waals surface area (Å²) < 4.78 is 11.0. The minimum absolute atomic E-state index is 0.170. The van der Waals surface area contributed by atoms with E-state index in [0.29, 0.717) is 19.8 Å². The lowest BCUT2D eigenvalue weighted by molar-refractivity contribution is -0.0445. The number of anilines is 1. The summed E-state index contributed by atoms with van der Waals surface area (Å²) in [6, 6.07) is 6.24. The van der Waals surface area contributed by atoms with Gasteiger partial charge >= 0.3 is 0 Å². The van der Waals surface area contributed by atoms with Gasteiger partial charge in [0.2, 0.25) is 0 Å². The van der Waals surface area contributed by atoms with Crippen LogP contribution in [0.2, 0.25) is 0 Å². The van der Waals surface area contributed by atoms with E-state index >= 15 is 0 Å². The molecule has 0 amide bonds. The Morgan fingerprint density at radius 2 is 2.06 bits per heavy atom. The third-order valence-corrected chi connectivity index (χ3v) is 3.25. The summed E-state index contributed by atoms with van der Waals surface area (Å²) in [5.41, 5.74) is 3.39. The summed E-state index contributed by atoms with van der Waals surface area (Å²) in [4.78, 5) is 2.15. The van der Waals surface area contributed by atoms with Crippen LogP contribution in [0, 0.1) is 6.92 Å². The average Bonchev–Trinajstić information content (AvgIpc) is 2.89. The molecule has 100 valence electrons. The van der Waals surface area contributed by atoms with Gasteiger partial charge in [-0.15, -0.1) is 0 Å². The number of aryl methyl sites for hydroxylation is 1. The van der Waals surface area contributed by atoms with Crippen molar-refractivity contribution in [1.29, 1.82) is 0 Å². The van der Waals surface area contributed by atoms with E-state index in [0.717, 1.165) is 23.4 Å². The lowest BCUT2D eigenvalue weighted by atomic mass is 10.1. The molecule has 0 radical (unpaired) electrons. The summed E-state index contributed by atoms with van der Waals surface area (Å²) in [6.45, 7) is 7.19. The van der Waals surface area contributed by atoms with Crippen LogP contribution in [0.1, 0.15) is 24.3 Å². The van der Waals surface area contributed by atoms with Crippen molar-refractivity contribution >= 4 is 5.69 Å². The number of benzene rings is 1. The number of hydrogen-bond acceptors (Lipinski definition) is 4. The average molecular weight is 251 g/mol. The fraction of sp³-hybridized carbons (Fsp3) is 0.571. The van der Waals surface area contributed by atoms with Crippen LogP contribution in [0.15, 0.2) is 18.2 Å². The number of hydrogen-bond donors (Lipinski definition) is 1. The zero-order valence-electron chi connectivity index (χ0n) is 11.1. The van der Waals surface area contributed by atoms with E-state index in [-0.39, 0.29) is 12.9 Å². The summed E-state index contributed by atoms with van der Waals surface area (Å²) >= 11 is 0. The van der Waals surface area contributed by atoms with Crippen LogP contribution in [-0.2, 0) is 9.47 Å². The van der Waals surface area contributed by atoms with E-state index in [9.17, 15) is 0 Å². The molecular formula is C14H21NO3. The van der Waals surface area contributed by atoms with Crippen molar-refractivity contribution < 1.29 is 14.6 Å². The van der Waals surface area contributed by atoms with Gasteiger partial charge in [0.25, 0.3) is 0 Å². The van der Waals surface area contributed by atoms with Gasteiger partial charge in [0, 0.05) is 24.3 Å². The van der Waals surface area contributed by atoms with Crippen LogP contribution in [0.4, 0.5) is 5.69 Å². The second-order valence-corrected chi connectivity index (χ2v) is 4.42. The van der Waals surface area contributed by atoms with Crippen molar-refractivity contribution in [2.45, 2.75) is 20.1 Å². The van der Waals surface area contributed by atoms with Crippen LogP contribution < -0.4 is 4.90 Å². The molecule has 0 saturated carbocycles. The Morgan fingerprint density at radius 1 is 1.33 bits per heavy atom. The van der Waals surface area contributed by atoms with E-state index < -0.39 is 0 Å². The Kier molecular flexibility index (Phi) is 4.58. The first kappa shape index (κ1) is 13.3. The van der Waals surface area contributed by atoms with Gasteiger partial charge in [-0.25, -0.2) is 0 Å². The highest BCUT2D eigenvalue weighted by atomic mass is 16.7. The van der Waals surface area contributed by atoms with E-state index in [1.54, 1.807) is 0 Å². The Bertz CT molecular complexity index is 389. The van der Waals surface area contributed by atoms with Gasteiger partial charge in [-0.05, 0) is 31.5 Å². The number of likely N-dealkylation sites (N-methyl/N-ethyl adjacent to an activating group) is 1. The molecular weight excluding hydrogens is 230 g/mol. The maximum atomic E-state index is 9.04. The molecule has 0 atom stereocenters. The minimum atomic E-state index is -0.216. The molecule has 2 rings (SSSR count). The van der Waals surface area contributed by atoms with Gasteiger partial charge in [-0.1, -0.05) is 6.07 Å². The van der Waals surface area contributed by atoms with E-state index in [1.165, 1.54) is 0 Å². The lowest BCUT2D eigenvalue weighted by Crippen LogP contribution is -2.26. The Labute approximate surface area is 108 Å². The highest BCUT2D eigenvalue weighted by molar-refractivity contribution is 5.51. The fourth-order valence-corrected chi connectivity index (χ4v) is 2.25. The molecule has 4 nitrogen and oxygen atoms in total. The molecule has 1 aromatic rings. The normalized spacial score (nSPS) is 16.2. The predicted octanol–water partition coefficient (Wildman–Crippen LogP) is 1.86. The molecule has 1 aromatic carbocycles. The zero-order valence-corrected chi connectivity index (χ0v) is 11.1. The molecule has 0 unspecified atom stereocenters. The maximum absolute atomic E-state index is 9.04. The quantitative estimate of drug-likeness (QED) is 0.867. The van der Waals surface area contributed by atoms with Crippen molar-refractivity contribution in [3.8, 4) is 0 Å². The molecule has 0 aromatic heterocycles. The Hall–Kier alpha value is -1.10. The van der Waals surface area contributed by atoms with E-state index in [1.807, 2.05) is 0 Å². The van der Waals surface area contributed by atoms with Crippen LogP contribution in [-0.4, -0.2) is 38.0 Å². The van der Waals surface area contributed by atoms with Gasteiger partial charge in [0.05, 0.1) is 19.8 Å². The molecule has 0 bridgehead atoms. The van der Waals surface area contributed by atoms with Crippen LogP contribution in [0.3, 0.4) is 0 Å². The minimum Gasteiger partial charge on any atom is -0.395 e. The Balaban J connectivity index is 2.17. The molecule has 4 heteroatoms. The first-order valence-corrected chi connectivity index (χ1v) is 6.45. The molecule has 1 aliphatic rings. The van der Waals surface area contributed by atoms with Crippen molar-refractivity contribution in [3.63, 3.8) is 0 Å². The standard InChI is InChI=1S/C14H21NO3/c1-3-15(6-7-16)12-4-5-13(11(2)10-12)14-17-8-9-18-14/h4-5,10,14,16H,3,6-9H2,1-2H3. The summed E-state index contributed by atoms with van der Waals surface area (Å²) in [5.74, 6) is 0. The third kappa shape index (κ3) is 2.83. The van der Waals surface area contributed by atoms with E-state index in [2.05, 4.69) is 36.9 Å². The van der Waals surface area contributed by atoms with Crippen molar-refractivity contribution in [2.75, 3.05) is 37.8 Å². The third-order valence-electron chi connectivity index (χ3n) is 3.25. The number of rotatable bonds is 5. The molecule has 0 spiro atoms. The van der Waals surface area contributed by atoms with Crippen molar-refractivity contribution in [3.05, 3.63) is 29.3 Å². The Morgan fingerprint density at radius 3 is 2.61 bits per heavy atom. The zero-order chi connectivity index (χ0) is 13.0. The van der Waals surface area contributed by atoms with Crippen LogP contribution in [0.5, 0.6) is 0 Å². The van der Waals surface area contributed by atoms with Gasteiger partial charge in [-0.2, -0.15) is 0 Å². The first-order chi connectivity index (χ1) is 8.76. The molecule has 1 N–H and O–H groups in total. The summed E-state index contributed by atoms with van der Waals surface area (Å²) in [6.07, 6.45) is -0.216. The molecule has 18 heavy (non-hydrogen) atoms.